The van der Waals surface area contributed by atoms with Crippen molar-refractivity contribution in [2.24, 2.45) is 17.6 Å². The molecule has 3 N–H and O–H groups in total. The van der Waals surface area contributed by atoms with Crippen LogP contribution in [0.5, 0.6) is 0 Å². The Morgan fingerprint density at radius 3 is 2.13 bits per heavy atom. The van der Waals surface area contributed by atoms with Crippen LogP contribution in [-0.2, 0) is 9.53 Å². The number of nitrogens with zero attached hydrogens (tertiary/aromatic N) is 1. The smallest absolute Gasteiger partial charge is 0.237 e. The summed E-state index contributed by atoms with van der Waals surface area (Å²) in [6.07, 6.45) is 2.74. The van der Waals surface area contributed by atoms with Gasteiger partial charge in [0, 0.05) is 25.7 Å². The number of nitrogens with one attached hydrogen (secondary N) is 1. The van der Waals surface area contributed by atoms with Gasteiger partial charge in [-0.3, -0.25) is 9.69 Å². The first-order chi connectivity index (χ1) is 9.92. The molecule has 1 amide bonds. The van der Waals surface area contributed by atoms with E-state index in [0.717, 1.165) is 13.1 Å². The van der Waals surface area contributed by atoms with Gasteiger partial charge in [-0.25, -0.2) is 0 Å². The van der Waals surface area contributed by atoms with E-state index in [-0.39, 0.29) is 60.9 Å². The third kappa shape index (κ3) is 6.39. The Balaban J connectivity index is 0.00000242. The third-order valence-corrected chi connectivity index (χ3v) is 4.51. The van der Waals surface area contributed by atoms with Crippen molar-refractivity contribution < 1.29 is 9.53 Å². The van der Waals surface area contributed by atoms with Gasteiger partial charge in [0.1, 0.15) is 0 Å². The molecule has 138 valence electrons. The van der Waals surface area contributed by atoms with Gasteiger partial charge in [-0.2, -0.15) is 0 Å². The molecule has 2 aliphatic rings. The molecular weight excluding hydrogens is 337 g/mol. The Morgan fingerprint density at radius 2 is 1.74 bits per heavy atom. The fourth-order valence-corrected chi connectivity index (χ4v) is 3.47. The van der Waals surface area contributed by atoms with E-state index >= 15 is 0 Å². The van der Waals surface area contributed by atoms with Crippen molar-refractivity contribution in [2.45, 2.75) is 64.8 Å². The summed E-state index contributed by atoms with van der Waals surface area (Å²) in [5, 5.41) is 3.19. The van der Waals surface area contributed by atoms with Gasteiger partial charge in [-0.05, 0) is 38.5 Å². The molecular formula is C16H33Cl2N3O2. The first-order valence-electron chi connectivity index (χ1n) is 8.32. The van der Waals surface area contributed by atoms with Gasteiger partial charge >= 0.3 is 0 Å². The second-order valence-electron chi connectivity index (χ2n) is 7.09. The maximum absolute atomic E-state index is 12.7. The van der Waals surface area contributed by atoms with Crippen molar-refractivity contribution in [3.8, 4) is 0 Å². The minimum atomic E-state index is -0.0911. The average molecular weight is 370 g/mol. The average Bonchev–Trinajstić information content (AvgIpc) is 3.18. The Bertz CT molecular complexity index is 357. The molecule has 1 aliphatic carbocycles. The van der Waals surface area contributed by atoms with E-state index in [2.05, 4.69) is 37.9 Å². The van der Waals surface area contributed by atoms with Crippen molar-refractivity contribution in [3.63, 3.8) is 0 Å². The predicted molar refractivity (Wildman–Crippen MR) is 98.4 cm³/mol. The monoisotopic (exact) mass is 369 g/mol. The summed E-state index contributed by atoms with van der Waals surface area (Å²) in [6.45, 7) is 10.6. The first-order valence-corrected chi connectivity index (χ1v) is 8.32. The molecule has 0 radical (unpaired) electrons. The van der Waals surface area contributed by atoms with Crippen LogP contribution in [0.15, 0.2) is 0 Å². The zero-order chi connectivity index (χ0) is 15.6. The van der Waals surface area contributed by atoms with Crippen LogP contribution in [0.1, 0.15) is 40.5 Å². The Hall–Kier alpha value is -0.0700. The summed E-state index contributed by atoms with van der Waals surface area (Å²) in [6, 6.07) is 0.0567. The van der Waals surface area contributed by atoms with E-state index in [1.807, 2.05) is 0 Å². The molecule has 1 saturated carbocycles. The zero-order valence-corrected chi connectivity index (χ0v) is 16.3. The second kappa shape index (κ2) is 10.0. The lowest BCUT2D eigenvalue weighted by Gasteiger charge is -2.41. The number of hydrogen-bond donors (Lipinski definition) is 2. The molecule has 0 aromatic rings. The van der Waals surface area contributed by atoms with Gasteiger partial charge in [0.15, 0.2) is 0 Å². The van der Waals surface area contributed by atoms with E-state index in [0.29, 0.717) is 12.5 Å². The van der Waals surface area contributed by atoms with Gasteiger partial charge in [-0.1, -0.05) is 13.8 Å². The van der Waals surface area contributed by atoms with E-state index in [9.17, 15) is 4.79 Å². The summed E-state index contributed by atoms with van der Waals surface area (Å²) in [7, 11) is 0. The summed E-state index contributed by atoms with van der Waals surface area (Å²) < 4.78 is 5.78. The highest BCUT2D eigenvalue weighted by Gasteiger charge is 2.37. The van der Waals surface area contributed by atoms with Crippen molar-refractivity contribution in [2.75, 3.05) is 19.6 Å². The van der Waals surface area contributed by atoms with Crippen LogP contribution in [0, 0.1) is 11.8 Å². The van der Waals surface area contributed by atoms with Crippen LogP contribution in [0.3, 0.4) is 0 Å². The summed E-state index contributed by atoms with van der Waals surface area (Å²) in [5.74, 6) is 1.00. The molecule has 2 rings (SSSR count). The fraction of sp³-hybridized carbons (Fsp3) is 0.938. The minimum absolute atomic E-state index is 0. The number of nitrogens with two attached hydrogens (primary N) is 1. The molecule has 0 spiro atoms. The van der Waals surface area contributed by atoms with Gasteiger partial charge in [0.25, 0.3) is 0 Å². The summed E-state index contributed by atoms with van der Waals surface area (Å²) >= 11 is 0. The number of carbonyl (C=O) groups excluding carboxylic acids is 1. The van der Waals surface area contributed by atoms with Gasteiger partial charge in [0.2, 0.25) is 5.91 Å². The lowest BCUT2D eigenvalue weighted by atomic mass is 9.99. The summed E-state index contributed by atoms with van der Waals surface area (Å²) in [5.41, 5.74) is 5.81. The van der Waals surface area contributed by atoms with Gasteiger partial charge in [-0.15, -0.1) is 24.8 Å². The predicted octanol–water partition coefficient (Wildman–Crippen LogP) is 1.82. The Kier molecular flexibility index (Phi) is 10.0. The van der Waals surface area contributed by atoms with Gasteiger partial charge < -0.3 is 15.8 Å². The summed E-state index contributed by atoms with van der Waals surface area (Å²) in [4.78, 5) is 15.0. The van der Waals surface area contributed by atoms with Gasteiger partial charge in [0.05, 0.1) is 18.2 Å². The Labute approximate surface area is 152 Å². The van der Waals surface area contributed by atoms with Crippen LogP contribution in [0.2, 0.25) is 0 Å². The number of carbonyl (C=O) groups is 1. The highest BCUT2D eigenvalue weighted by Crippen LogP contribution is 2.32. The van der Waals surface area contributed by atoms with E-state index < -0.39 is 0 Å². The number of morpholine rings is 1. The number of hydrogen-bond acceptors (Lipinski definition) is 4. The van der Waals surface area contributed by atoms with Crippen LogP contribution in [0.4, 0.5) is 0 Å². The topological polar surface area (TPSA) is 67.6 Å². The molecule has 5 nitrogen and oxygen atoms in total. The molecule has 0 aromatic heterocycles. The SMILES string of the molecule is CC1CN(C(C(=O)NC(CN)C2CC2)C(C)C)CC(C)O1.Cl.Cl. The van der Waals surface area contributed by atoms with Crippen molar-refractivity contribution >= 4 is 30.7 Å². The molecule has 4 atom stereocenters. The van der Waals surface area contributed by atoms with E-state index in [1.54, 1.807) is 0 Å². The fourth-order valence-electron chi connectivity index (χ4n) is 3.47. The minimum Gasteiger partial charge on any atom is -0.373 e. The number of amides is 1. The quantitative estimate of drug-likeness (QED) is 0.749. The number of ether oxygens (including phenoxy) is 1. The highest BCUT2D eigenvalue weighted by molar-refractivity contribution is 5.85. The molecule has 2 fully saturated rings. The highest BCUT2D eigenvalue weighted by atomic mass is 35.5. The lowest BCUT2D eigenvalue weighted by molar-refractivity contribution is -0.136. The molecule has 1 heterocycles. The van der Waals surface area contributed by atoms with Crippen molar-refractivity contribution in [3.05, 3.63) is 0 Å². The first kappa shape index (κ1) is 22.9. The van der Waals surface area contributed by atoms with E-state index in [4.69, 9.17) is 10.5 Å². The number of halogens is 2. The normalized spacial score (nSPS) is 27.6. The van der Waals surface area contributed by atoms with Crippen LogP contribution >= 0.6 is 24.8 Å². The van der Waals surface area contributed by atoms with Crippen LogP contribution in [0.25, 0.3) is 0 Å². The molecule has 23 heavy (non-hydrogen) atoms. The molecule has 0 bridgehead atoms. The zero-order valence-electron chi connectivity index (χ0n) is 14.7. The van der Waals surface area contributed by atoms with Crippen molar-refractivity contribution in [1.29, 1.82) is 0 Å². The van der Waals surface area contributed by atoms with Crippen LogP contribution < -0.4 is 11.1 Å². The second-order valence-corrected chi connectivity index (χ2v) is 7.09. The lowest BCUT2D eigenvalue weighted by Crippen LogP contribution is -2.58. The maximum atomic E-state index is 12.7. The largest absolute Gasteiger partial charge is 0.373 e. The van der Waals surface area contributed by atoms with Crippen LogP contribution in [-0.4, -0.2) is 54.7 Å². The molecule has 4 unspecified atom stereocenters. The number of rotatable bonds is 6. The maximum Gasteiger partial charge on any atom is 0.237 e. The standard InChI is InChI=1S/C16H31N3O2.2ClH/c1-10(2)15(19-8-11(3)21-12(4)9-19)16(20)18-14(7-17)13-5-6-13;;/h10-15H,5-9,17H2,1-4H3,(H,18,20);2*1H. The van der Waals surface area contributed by atoms with E-state index in [1.165, 1.54) is 12.8 Å². The molecule has 7 heteroatoms. The van der Waals surface area contributed by atoms with Crippen molar-refractivity contribution in [1.82, 2.24) is 10.2 Å². The molecule has 0 aromatic carbocycles. The molecule has 1 saturated heterocycles. The Morgan fingerprint density at radius 1 is 1.22 bits per heavy atom. The molecule has 1 aliphatic heterocycles. The third-order valence-electron chi connectivity index (χ3n) is 4.51.